The van der Waals surface area contributed by atoms with Gasteiger partial charge in [-0.1, -0.05) is 0 Å². The monoisotopic (exact) mass is 240 g/mol. The molecule has 0 N–H and O–H groups in total. The predicted molar refractivity (Wildman–Crippen MR) is 61.6 cm³/mol. The highest BCUT2D eigenvalue weighted by Gasteiger charge is 2.09. The molecule has 0 atom stereocenters. The average molecular weight is 240 g/mol. The Morgan fingerprint density at radius 3 is 2.06 bits per heavy atom. The first kappa shape index (κ1) is 12.6. The molecule has 4 nitrogen and oxygen atoms in total. The van der Waals surface area contributed by atoms with Gasteiger partial charge in [0.15, 0.2) is 0 Å². The summed E-state index contributed by atoms with van der Waals surface area (Å²) < 4.78 is 9.45. The molecule has 5 heteroatoms. The fourth-order valence-corrected chi connectivity index (χ4v) is 1.28. The Bertz CT molecular complexity index is 372. The molecule has 1 aromatic rings. The lowest BCUT2D eigenvalue weighted by Gasteiger charge is -2.03. The van der Waals surface area contributed by atoms with E-state index in [-0.39, 0.29) is 0 Å². The summed E-state index contributed by atoms with van der Waals surface area (Å²) in [5.41, 5.74) is 0.825. The number of hydrogen-bond acceptors (Lipinski definition) is 5. The van der Waals surface area contributed by atoms with Gasteiger partial charge in [-0.3, -0.25) is 0 Å². The van der Waals surface area contributed by atoms with Crippen LogP contribution in [0, 0.1) is 0 Å². The van der Waals surface area contributed by atoms with Crippen molar-refractivity contribution >= 4 is 23.7 Å². The van der Waals surface area contributed by atoms with Gasteiger partial charge < -0.3 is 9.47 Å². The van der Waals surface area contributed by atoms with Crippen LogP contribution in [0.25, 0.3) is 0 Å². The molecule has 0 bridgehead atoms. The van der Waals surface area contributed by atoms with Crippen molar-refractivity contribution in [1.29, 1.82) is 0 Å². The minimum Gasteiger partial charge on any atom is -0.465 e. The third kappa shape index (κ3) is 3.27. The fourth-order valence-electron chi connectivity index (χ4n) is 1.06. The summed E-state index contributed by atoms with van der Waals surface area (Å²) in [7, 11) is 1.31. The van der Waals surface area contributed by atoms with E-state index in [0.717, 1.165) is 0 Å². The Morgan fingerprint density at radius 2 is 1.62 bits per heavy atom. The number of thioether (sulfide) groups is 1. The molecule has 0 spiro atoms. The highest BCUT2D eigenvalue weighted by molar-refractivity contribution is 7.98. The number of carbonyl (C=O) groups excluding carboxylic acids is 2. The zero-order chi connectivity index (χ0) is 12.0. The first-order valence-electron chi connectivity index (χ1n) is 4.53. The zero-order valence-corrected chi connectivity index (χ0v) is 9.87. The van der Waals surface area contributed by atoms with E-state index in [4.69, 9.17) is 4.74 Å². The largest absolute Gasteiger partial charge is 0.465 e. The van der Waals surface area contributed by atoms with Crippen molar-refractivity contribution in [2.24, 2.45) is 0 Å². The predicted octanol–water partition coefficient (Wildman–Crippen LogP) is 1.95. The van der Waals surface area contributed by atoms with E-state index in [1.807, 2.05) is 6.26 Å². The molecule has 0 aliphatic rings. The first-order valence-corrected chi connectivity index (χ1v) is 5.93. The Balaban J connectivity index is 2.71. The molecule has 0 amide bonds. The summed E-state index contributed by atoms with van der Waals surface area (Å²) in [6, 6.07) is 6.13. The molecule has 0 saturated carbocycles. The number of methoxy groups -OCH3 is 1. The van der Waals surface area contributed by atoms with E-state index in [0.29, 0.717) is 17.1 Å². The maximum absolute atomic E-state index is 11.4. The van der Waals surface area contributed by atoms with Gasteiger partial charge in [0.1, 0.15) is 5.94 Å². The standard InChI is InChI=1S/C11H12O4S/c1-14-10(12)8-3-5-9(6-4-8)11(13)15-7-16-2/h3-6H,7H2,1-2H3. The summed E-state index contributed by atoms with van der Waals surface area (Å²) in [5, 5.41) is 0. The van der Waals surface area contributed by atoms with Crippen LogP contribution in [0.1, 0.15) is 20.7 Å². The summed E-state index contributed by atoms with van der Waals surface area (Å²) >= 11 is 1.42. The quantitative estimate of drug-likeness (QED) is 0.594. The summed E-state index contributed by atoms with van der Waals surface area (Å²) in [6.45, 7) is 0. The maximum atomic E-state index is 11.4. The van der Waals surface area contributed by atoms with Gasteiger partial charge in [-0.2, -0.15) is 0 Å². The van der Waals surface area contributed by atoms with Crippen LogP contribution >= 0.6 is 11.8 Å². The van der Waals surface area contributed by atoms with E-state index in [1.165, 1.54) is 43.1 Å². The first-order chi connectivity index (χ1) is 7.69. The highest BCUT2D eigenvalue weighted by Crippen LogP contribution is 2.08. The minimum atomic E-state index is -0.427. The van der Waals surface area contributed by atoms with Crippen LogP contribution in [0.2, 0.25) is 0 Å². The molecule has 0 saturated heterocycles. The second kappa shape index (κ2) is 6.17. The molecule has 0 aromatic heterocycles. The molecule has 1 aromatic carbocycles. The van der Waals surface area contributed by atoms with Crippen LogP contribution in [0.3, 0.4) is 0 Å². The third-order valence-electron chi connectivity index (χ3n) is 1.85. The molecule has 0 heterocycles. The van der Waals surface area contributed by atoms with Crippen molar-refractivity contribution in [2.75, 3.05) is 19.3 Å². The lowest BCUT2D eigenvalue weighted by atomic mass is 10.1. The molecule has 0 aliphatic heterocycles. The van der Waals surface area contributed by atoms with Gasteiger partial charge in [-0.05, 0) is 30.5 Å². The minimum absolute atomic E-state index is 0.317. The topological polar surface area (TPSA) is 52.6 Å². The van der Waals surface area contributed by atoms with Crippen molar-refractivity contribution in [3.63, 3.8) is 0 Å². The van der Waals surface area contributed by atoms with Gasteiger partial charge in [0, 0.05) is 0 Å². The van der Waals surface area contributed by atoms with Crippen LogP contribution in [-0.2, 0) is 9.47 Å². The van der Waals surface area contributed by atoms with Crippen LogP contribution in [0.5, 0.6) is 0 Å². The molecule has 1 rings (SSSR count). The average Bonchev–Trinajstić information content (AvgIpc) is 2.35. The van der Waals surface area contributed by atoms with Crippen molar-refractivity contribution in [3.8, 4) is 0 Å². The molecule has 0 fully saturated rings. The lowest BCUT2D eigenvalue weighted by Crippen LogP contribution is -2.06. The van der Waals surface area contributed by atoms with Crippen LogP contribution < -0.4 is 0 Å². The van der Waals surface area contributed by atoms with Crippen LogP contribution in [0.4, 0.5) is 0 Å². The second-order valence-electron chi connectivity index (χ2n) is 2.91. The van der Waals surface area contributed by atoms with Crippen LogP contribution in [-0.4, -0.2) is 31.2 Å². The van der Waals surface area contributed by atoms with E-state index in [1.54, 1.807) is 0 Å². The van der Waals surface area contributed by atoms with Gasteiger partial charge in [0.05, 0.1) is 18.2 Å². The van der Waals surface area contributed by atoms with Crippen molar-refractivity contribution in [3.05, 3.63) is 35.4 Å². The van der Waals surface area contributed by atoms with Gasteiger partial charge in [-0.15, -0.1) is 11.8 Å². The molecule has 0 radical (unpaired) electrons. The number of carbonyl (C=O) groups is 2. The van der Waals surface area contributed by atoms with E-state index in [2.05, 4.69) is 4.74 Å². The number of hydrogen-bond donors (Lipinski definition) is 0. The lowest BCUT2D eigenvalue weighted by molar-refractivity contribution is 0.0572. The van der Waals surface area contributed by atoms with Gasteiger partial charge in [0.2, 0.25) is 0 Å². The second-order valence-corrected chi connectivity index (χ2v) is 3.72. The smallest absolute Gasteiger partial charge is 0.338 e. The number of rotatable bonds is 4. The summed E-state index contributed by atoms with van der Waals surface area (Å²) in [6.07, 6.45) is 1.84. The normalized spacial score (nSPS) is 9.62. The Morgan fingerprint density at radius 1 is 1.12 bits per heavy atom. The third-order valence-corrected chi connectivity index (χ3v) is 2.20. The van der Waals surface area contributed by atoms with Gasteiger partial charge in [0.25, 0.3) is 0 Å². The van der Waals surface area contributed by atoms with Crippen molar-refractivity contribution < 1.29 is 19.1 Å². The molecule has 0 aliphatic carbocycles. The molecule has 0 unspecified atom stereocenters. The zero-order valence-electron chi connectivity index (χ0n) is 9.06. The van der Waals surface area contributed by atoms with Crippen LogP contribution in [0.15, 0.2) is 24.3 Å². The van der Waals surface area contributed by atoms with Gasteiger partial charge in [-0.25, -0.2) is 9.59 Å². The van der Waals surface area contributed by atoms with Gasteiger partial charge >= 0.3 is 11.9 Å². The number of esters is 2. The van der Waals surface area contributed by atoms with E-state index < -0.39 is 11.9 Å². The Kier molecular flexibility index (Phi) is 4.85. The molecular weight excluding hydrogens is 228 g/mol. The van der Waals surface area contributed by atoms with E-state index in [9.17, 15) is 9.59 Å². The SMILES string of the molecule is COC(=O)c1ccc(C(=O)OCSC)cc1. The number of benzene rings is 1. The van der Waals surface area contributed by atoms with E-state index >= 15 is 0 Å². The fraction of sp³-hybridized carbons (Fsp3) is 0.273. The Hall–Kier alpha value is -1.49. The molecular formula is C11H12O4S. The highest BCUT2D eigenvalue weighted by atomic mass is 32.2. The summed E-state index contributed by atoms with van der Waals surface area (Å²) in [4.78, 5) is 22.5. The molecule has 86 valence electrons. The number of ether oxygens (including phenoxy) is 2. The summed E-state index contributed by atoms with van der Waals surface area (Å²) in [5.74, 6) is -0.507. The maximum Gasteiger partial charge on any atom is 0.338 e. The Labute approximate surface area is 97.9 Å². The van der Waals surface area contributed by atoms with Crippen molar-refractivity contribution in [2.45, 2.75) is 0 Å². The molecule has 16 heavy (non-hydrogen) atoms. The van der Waals surface area contributed by atoms with Crippen molar-refractivity contribution in [1.82, 2.24) is 0 Å².